The summed E-state index contributed by atoms with van der Waals surface area (Å²) in [6, 6.07) is 0. The number of allylic oxidation sites excluding steroid dienone is 2. The summed E-state index contributed by atoms with van der Waals surface area (Å²) in [6.07, 6.45) is 12.7. The standard InChI is InChI=1S/C14H28/c1-13(2)11-9-7-5-6-8-10-12-14(3)4/h5-6,13-14H,7-12H2,1-4H3/b6-5+. The molecule has 0 spiro atoms. The Morgan fingerprint density at radius 3 is 1.36 bits per heavy atom. The lowest BCUT2D eigenvalue weighted by Gasteiger charge is -2.01. The first-order valence-corrected chi connectivity index (χ1v) is 6.28. The van der Waals surface area contributed by atoms with Crippen molar-refractivity contribution in [1.29, 1.82) is 0 Å². The van der Waals surface area contributed by atoms with Gasteiger partial charge in [-0.2, -0.15) is 0 Å². The molecule has 0 rings (SSSR count). The molecule has 0 N–H and O–H groups in total. The molecule has 0 saturated heterocycles. The van der Waals surface area contributed by atoms with Crippen LogP contribution in [-0.4, -0.2) is 0 Å². The molecular weight excluding hydrogens is 168 g/mol. The molecule has 0 aromatic carbocycles. The van der Waals surface area contributed by atoms with Crippen LogP contribution in [-0.2, 0) is 0 Å². The van der Waals surface area contributed by atoms with Crippen molar-refractivity contribution < 1.29 is 0 Å². The average Bonchev–Trinajstić information content (AvgIpc) is 2.08. The van der Waals surface area contributed by atoms with E-state index >= 15 is 0 Å². The smallest absolute Gasteiger partial charge is 0.0351 e. The van der Waals surface area contributed by atoms with Crippen molar-refractivity contribution in [3.05, 3.63) is 12.2 Å². The van der Waals surface area contributed by atoms with E-state index in [1.54, 1.807) is 0 Å². The van der Waals surface area contributed by atoms with Crippen molar-refractivity contribution in [2.45, 2.75) is 66.2 Å². The Morgan fingerprint density at radius 2 is 1.07 bits per heavy atom. The van der Waals surface area contributed by atoms with Crippen molar-refractivity contribution in [3.8, 4) is 0 Å². The molecule has 0 aliphatic heterocycles. The van der Waals surface area contributed by atoms with Gasteiger partial charge >= 0.3 is 0 Å². The Kier molecular flexibility index (Phi) is 9.13. The van der Waals surface area contributed by atoms with Gasteiger partial charge in [-0.15, -0.1) is 0 Å². The van der Waals surface area contributed by atoms with Gasteiger partial charge in [-0.3, -0.25) is 0 Å². The fraction of sp³-hybridized carbons (Fsp3) is 0.857. The molecule has 0 aliphatic rings. The SMILES string of the molecule is CC(C)CCC/C=C/CCCC(C)C. The molecule has 84 valence electrons. The van der Waals surface area contributed by atoms with E-state index in [1.807, 2.05) is 0 Å². The first kappa shape index (κ1) is 13.7. The number of hydrogen-bond donors (Lipinski definition) is 0. The third kappa shape index (κ3) is 11.7. The van der Waals surface area contributed by atoms with Gasteiger partial charge in [0, 0.05) is 0 Å². The highest BCUT2D eigenvalue weighted by molar-refractivity contribution is 4.81. The zero-order valence-corrected chi connectivity index (χ0v) is 10.6. The van der Waals surface area contributed by atoms with Gasteiger partial charge in [-0.05, 0) is 37.5 Å². The van der Waals surface area contributed by atoms with Crippen LogP contribution >= 0.6 is 0 Å². The van der Waals surface area contributed by atoms with E-state index in [0.29, 0.717) is 0 Å². The summed E-state index contributed by atoms with van der Waals surface area (Å²) < 4.78 is 0. The fourth-order valence-electron chi connectivity index (χ4n) is 1.52. The van der Waals surface area contributed by atoms with Crippen LogP contribution in [0, 0.1) is 11.8 Å². The maximum absolute atomic E-state index is 2.36. The first-order valence-electron chi connectivity index (χ1n) is 6.28. The van der Waals surface area contributed by atoms with Crippen molar-refractivity contribution >= 4 is 0 Å². The predicted molar refractivity (Wildman–Crippen MR) is 66.5 cm³/mol. The summed E-state index contributed by atoms with van der Waals surface area (Å²) in [7, 11) is 0. The van der Waals surface area contributed by atoms with Gasteiger partial charge in [0.15, 0.2) is 0 Å². The van der Waals surface area contributed by atoms with Crippen LogP contribution in [0.2, 0.25) is 0 Å². The van der Waals surface area contributed by atoms with E-state index in [9.17, 15) is 0 Å². The van der Waals surface area contributed by atoms with Crippen LogP contribution in [0.3, 0.4) is 0 Å². The highest BCUT2D eigenvalue weighted by atomic mass is 14.0. The maximum atomic E-state index is 2.36. The summed E-state index contributed by atoms with van der Waals surface area (Å²) in [5, 5.41) is 0. The highest BCUT2D eigenvalue weighted by Crippen LogP contribution is 2.09. The second kappa shape index (κ2) is 9.30. The highest BCUT2D eigenvalue weighted by Gasteiger charge is 1.92. The average molecular weight is 196 g/mol. The Balaban J connectivity index is 3.12. The Hall–Kier alpha value is -0.260. The third-order valence-electron chi connectivity index (χ3n) is 2.47. The van der Waals surface area contributed by atoms with Gasteiger partial charge in [0.2, 0.25) is 0 Å². The minimum Gasteiger partial charge on any atom is -0.0885 e. The van der Waals surface area contributed by atoms with Crippen molar-refractivity contribution in [2.24, 2.45) is 11.8 Å². The number of rotatable bonds is 8. The van der Waals surface area contributed by atoms with Crippen molar-refractivity contribution in [1.82, 2.24) is 0 Å². The third-order valence-corrected chi connectivity index (χ3v) is 2.47. The number of hydrogen-bond acceptors (Lipinski definition) is 0. The first-order chi connectivity index (χ1) is 6.63. The van der Waals surface area contributed by atoms with Gasteiger partial charge in [0.25, 0.3) is 0 Å². The molecule has 0 amide bonds. The van der Waals surface area contributed by atoms with Crippen LogP contribution in [0.1, 0.15) is 66.2 Å². The molecule has 0 bridgehead atoms. The number of unbranched alkanes of at least 4 members (excludes halogenated alkanes) is 2. The Bertz CT molecular complexity index is 115. The van der Waals surface area contributed by atoms with Crippen molar-refractivity contribution in [3.63, 3.8) is 0 Å². The lowest BCUT2D eigenvalue weighted by atomic mass is 10.0. The van der Waals surface area contributed by atoms with Crippen LogP contribution in [0.4, 0.5) is 0 Å². The lowest BCUT2D eigenvalue weighted by Crippen LogP contribution is -1.86. The quantitative estimate of drug-likeness (QED) is 0.370. The fourth-order valence-corrected chi connectivity index (χ4v) is 1.52. The predicted octanol–water partition coefficient (Wildman–Crippen LogP) is 5.20. The molecule has 0 atom stereocenters. The van der Waals surface area contributed by atoms with E-state index < -0.39 is 0 Å². The van der Waals surface area contributed by atoms with Gasteiger partial charge < -0.3 is 0 Å². The molecule has 0 saturated carbocycles. The van der Waals surface area contributed by atoms with E-state index in [0.717, 1.165) is 11.8 Å². The van der Waals surface area contributed by atoms with Crippen LogP contribution < -0.4 is 0 Å². The van der Waals surface area contributed by atoms with Gasteiger partial charge in [-0.1, -0.05) is 52.7 Å². The topological polar surface area (TPSA) is 0 Å². The van der Waals surface area contributed by atoms with E-state index in [4.69, 9.17) is 0 Å². The molecule has 0 aliphatic carbocycles. The molecule has 0 heterocycles. The molecule has 0 nitrogen and oxygen atoms in total. The molecule has 14 heavy (non-hydrogen) atoms. The minimum absolute atomic E-state index is 0.865. The molecule has 0 unspecified atom stereocenters. The lowest BCUT2D eigenvalue weighted by molar-refractivity contribution is 0.554. The van der Waals surface area contributed by atoms with E-state index in [2.05, 4.69) is 39.8 Å². The largest absolute Gasteiger partial charge is 0.0885 e. The van der Waals surface area contributed by atoms with Gasteiger partial charge in [-0.25, -0.2) is 0 Å². The summed E-state index contributed by atoms with van der Waals surface area (Å²) in [4.78, 5) is 0. The second-order valence-corrected chi connectivity index (χ2v) is 5.12. The van der Waals surface area contributed by atoms with Crippen molar-refractivity contribution in [2.75, 3.05) is 0 Å². The Morgan fingerprint density at radius 1 is 0.714 bits per heavy atom. The summed E-state index contributed by atoms with van der Waals surface area (Å²) in [5.74, 6) is 1.73. The molecule has 0 radical (unpaired) electrons. The summed E-state index contributed by atoms with van der Waals surface area (Å²) in [6.45, 7) is 9.19. The summed E-state index contributed by atoms with van der Waals surface area (Å²) >= 11 is 0. The normalized spacial score (nSPS) is 12.1. The van der Waals surface area contributed by atoms with E-state index in [1.165, 1.54) is 38.5 Å². The zero-order valence-electron chi connectivity index (χ0n) is 10.6. The monoisotopic (exact) mass is 196 g/mol. The Labute approximate surface area is 90.8 Å². The van der Waals surface area contributed by atoms with Gasteiger partial charge in [0.05, 0.1) is 0 Å². The van der Waals surface area contributed by atoms with Gasteiger partial charge in [0.1, 0.15) is 0 Å². The maximum Gasteiger partial charge on any atom is -0.0351 e. The molecular formula is C14H28. The van der Waals surface area contributed by atoms with Crippen LogP contribution in [0.15, 0.2) is 12.2 Å². The second-order valence-electron chi connectivity index (χ2n) is 5.12. The molecule has 0 fully saturated rings. The minimum atomic E-state index is 0.865. The molecule has 0 aromatic heterocycles. The molecule has 0 heteroatoms. The van der Waals surface area contributed by atoms with Crippen LogP contribution in [0.5, 0.6) is 0 Å². The van der Waals surface area contributed by atoms with E-state index in [-0.39, 0.29) is 0 Å². The zero-order chi connectivity index (χ0) is 10.8. The van der Waals surface area contributed by atoms with Crippen LogP contribution in [0.25, 0.3) is 0 Å². The molecule has 0 aromatic rings. The summed E-state index contributed by atoms with van der Waals surface area (Å²) in [5.41, 5.74) is 0.